The molecule has 1 unspecified atom stereocenters. The molecule has 100 valence electrons. The third kappa shape index (κ3) is 3.16. The Morgan fingerprint density at radius 3 is 2.44 bits per heavy atom. The molecule has 1 rings (SSSR count). The van der Waals surface area contributed by atoms with Crippen LogP contribution in [0.2, 0.25) is 0 Å². The van der Waals surface area contributed by atoms with Gasteiger partial charge in [-0.05, 0) is 13.8 Å². The molecule has 0 amide bonds. The monoisotopic (exact) mass is 274 g/mol. The van der Waals surface area contributed by atoms with Gasteiger partial charge in [0.25, 0.3) is 5.56 Å². The first-order valence-corrected chi connectivity index (χ1v) is 7.08. The van der Waals surface area contributed by atoms with E-state index in [1.165, 1.54) is 13.8 Å². The molecule has 1 atom stereocenters. The number of aromatic nitrogens is 2. The first kappa shape index (κ1) is 14.4. The van der Waals surface area contributed by atoms with Gasteiger partial charge in [-0.1, -0.05) is 0 Å². The highest BCUT2D eigenvalue weighted by molar-refractivity contribution is 7.90. The van der Waals surface area contributed by atoms with Crippen molar-refractivity contribution in [1.82, 2.24) is 9.97 Å². The normalized spacial score (nSPS) is 13.3. The maximum atomic E-state index is 11.7. The van der Waals surface area contributed by atoms with E-state index >= 15 is 0 Å². The van der Waals surface area contributed by atoms with Crippen molar-refractivity contribution in [3.05, 3.63) is 27.4 Å². The average molecular weight is 274 g/mol. The van der Waals surface area contributed by atoms with Crippen molar-refractivity contribution in [3.63, 3.8) is 0 Å². The lowest BCUT2D eigenvalue weighted by molar-refractivity contribution is -0.136. The van der Waals surface area contributed by atoms with Crippen LogP contribution >= 0.6 is 0 Å². The molecule has 0 aliphatic carbocycles. The van der Waals surface area contributed by atoms with Gasteiger partial charge in [0.1, 0.15) is 11.1 Å². The van der Waals surface area contributed by atoms with E-state index in [0.717, 1.165) is 6.26 Å². The molecular formula is C10H14N2O5S. The Bertz CT molecular complexity index is 632. The van der Waals surface area contributed by atoms with E-state index in [9.17, 15) is 18.0 Å². The summed E-state index contributed by atoms with van der Waals surface area (Å²) < 4.78 is 22.7. The van der Waals surface area contributed by atoms with Gasteiger partial charge in [-0.25, -0.2) is 13.4 Å². The molecule has 0 radical (unpaired) electrons. The summed E-state index contributed by atoms with van der Waals surface area (Å²) >= 11 is 0. The molecule has 0 saturated carbocycles. The van der Waals surface area contributed by atoms with Crippen LogP contribution in [0.1, 0.15) is 29.3 Å². The van der Waals surface area contributed by atoms with Gasteiger partial charge in [-0.3, -0.25) is 9.59 Å². The number of sulfone groups is 1. The number of H-pyrrole nitrogens is 1. The topological polar surface area (TPSA) is 117 Å². The van der Waals surface area contributed by atoms with Crippen molar-refractivity contribution < 1.29 is 18.3 Å². The van der Waals surface area contributed by atoms with E-state index in [-0.39, 0.29) is 17.1 Å². The minimum absolute atomic E-state index is 0.0224. The molecule has 0 aliphatic rings. The van der Waals surface area contributed by atoms with E-state index in [1.54, 1.807) is 0 Å². The fourth-order valence-corrected chi connectivity index (χ4v) is 1.90. The van der Waals surface area contributed by atoms with Crippen LogP contribution in [0.25, 0.3) is 0 Å². The van der Waals surface area contributed by atoms with Crippen LogP contribution < -0.4 is 5.56 Å². The second kappa shape index (κ2) is 4.89. The SMILES string of the molecule is Cc1nc(C(C)S(C)(=O)=O)[nH]c(=O)c1CC(=O)O. The molecular weight excluding hydrogens is 260 g/mol. The zero-order chi connectivity index (χ0) is 14.1. The van der Waals surface area contributed by atoms with E-state index in [2.05, 4.69) is 9.97 Å². The average Bonchev–Trinajstić information content (AvgIpc) is 2.20. The molecule has 1 aromatic heterocycles. The number of aryl methyl sites for hydroxylation is 1. The maximum Gasteiger partial charge on any atom is 0.308 e. The first-order valence-electron chi connectivity index (χ1n) is 5.13. The fraction of sp³-hybridized carbons (Fsp3) is 0.500. The van der Waals surface area contributed by atoms with Gasteiger partial charge >= 0.3 is 5.97 Å². The molecule has 0 fully saturated rings. The summed E-state index contributed by atoms with van der Waals surface area (Å²) in [6.07, 6.45) is 0.597. The highest BCUT2D eigenvalue weighted by Crippen LogP contribution is 2.16. The van der Waals surface area contributed by atoms with Crippen LogP contribution in [0, 0.1) is 6.92 Å². The highest BCUT2D eigenvalue weighted by Gasteiger charge is 2.21. The number of rotatable bonds is 4. The van der Waals surface area contributed by atoms with Crippen LogP contribution in [0.5, 0.6) is 0 Å². The summed E-state index contributed by atoms with van der Waals surface area (Å²) in [5.41, 5.74) is -0.353. The van der Waals surface area contributed by atoms with Gasteiger partial charge in [0.05, 0.1) is 6.42 Å². The predicted molar refractivity (Wildman–Crippen MR) is 64.2 cm³/mol. The van der Waals surface area contributed by atoms with Crippen molar-refractivity contribution in [2.24, 2.45) is 0 Å². The Labute approximate surface area is 104 Å². The number of aliphatic carboxylic acids is 1. The maximum absolute atomic E-state index is 11.7. The van der Waals surface area contributed by atoms with Gasteiger partial charge < -0.3 is 10.1 Å². The molecule has 1 heterocycles. The van der Waals surface area contributed by atoms with Crippen molar-refractivity contribution in [3.8, 4) is 0 Å². The van der Waals surface area contributed by atoms with E-state index < -0.39 is 33.0 Å². The summed E-state index contributed by atoms with van der Waals surface area (Å²) in [5, 5.41) is 7.71. The predicted octanol–water partition coefficient (Wildman–Crippen LogP) is -0.189. The molecule has 0 aromatic carbocycles. The van der Waals surface area contributed by atoms with Crippen LogP contribution in [-0.4, -0.2) is 35.7 Å². The number of aromatic amines is 1. The Hall–Kier alpha value is -1.70. The molecule has 7 nitrogen and oxygen atoms in total. The lowest BCUT2D eigenvalue weighted by atomic mass is 10.1. The van der Waals surface area contributed by atoms with Crippen LogP contribution in [0.4, 0.5) is 0 Å². The highest BCUT2D eigenvalue weighted by atomic mass is 32.2. The van der Waals surface area contributed by atoms with Crippen LogP contribution in [-0.2, 0) is 21.1 Å². The molecule has 2 N–H and O–H groups in total. The second-order valence-electron chi connectivity index (χ2n) is 4.06. The van der Waals surface area contributed by atoms with Gasteiger partial charge in [-0.15, -0.1) is 0 Å². The van der Waals surface area contributed by atoms with Gasteiger partial charge in [-0.2, -0.15) is 0 Å². The molecule has 0 spiro atoms. The summed E-state index contributed by atoms with van der Waals surface area (Å²) in [6, 6.07) is 0. The summed E-state index contributed by atoms with van der Waals surface area (Å²) in [5.74, 6) is -1.12. The Balaban J connectivity index is 3.31. The number of hydrogen-bond donors (Lipinski definition) is 2. The third-order valence-corrected chi connectivity index (χ3v) is 4.10. The number of carbonyl (C=O) groups is 1. The fourth-order valence-electron chi connectivity index (χ4n) is 1.39. The lowest BCUT2D eigenvalue weighted by Gasteiger charge is -2.10. The number of carboxylic acid groups (broad SMARTS) is 1. The standard InChI is InChI=1S/C10H14N2O5S/c1-5-7(4-8(13)14)10(15)12-9(11-5)6(2)18(3,16)17/h6H,4H2,1-3H3,(H,13,14)(H,11,12,15). The molecule has 0 bridgehead atoms. The largest absolute Gasteiger partial charge is 0.481 e. The number of nitrogens with one attached hydrogen (secondary N) is 1. The number of nitrogens with zero attached hydrogens (tertiary/aromatic N) is 1. The van der Waals surface area contributed by atoms with Gasteiger partial charge in [0.15, 0.2) is 9.84 Å². The molecule has 0 saturated heterocycles. The quantitative estimate of drug-likeness (QED) is 0.786. The van der Waals surface area contributed by atoms with E-state index in [0.29, 0.717) is 0 Å². The first-order chi connectivity index (χ1) is 8.12. The molecule has 0 aliphatic heterocycles. The molecule has 18 heavy (non-hydrogen) atoms. The van der Waals surface area contributed by atoms with Crippen LogP contribution in [0.15, 0.2) is 4.79 Å². The smallest absolute Gasteiger partial charge is 0.308 e. The Kier molecular flexibility index (Phi) is 3.90. The molecule has 8 heteroatoms. The molecule has 1 aromatic rings. The van der Waals surface area contributed by atoms with Crippen molar-refractivity contribution in [2.45, 2.75) is 25.5 Å². The van der Waals surface area contributed by atoms with E-state index in [1.807, 2.05) is 0 Å². The summed E-state index contributed by atoms with van der Waals surface area (Å²) in [7, 11) is -3.37. The zero-order valence-electron chi connectivity index (χ0n) is 10.2. The number of hydrogen-bond acceptors (Lipinski definition) is 5. The van der Waals surface area contributed by atoms with E-state index in [4.69, 9.17) is 5.11 Å². The minimum atomic E-state index is -3.37. The van der Waals surface area contributed by atoms with Crippen molar-refractivity contribution >= 4 is 15.8 Å². The third-order valence-electron chi connectivity index (χ3n) is 2.60. The minimum Gasteiger partial charge on any atom is -0.481 e. The zero-order valence-corrected chi connectivity index (χ0v) is 11.0. The van der Waals surface area contributed by atoms with Crippen molar-refractivity contribution in [1.29, 1.82) is 0 Å². The van der Waals surface area contributed by atoms with Gasteiger partial charge in [0.2, 0.25) is 0 Å². The van der Waals surface area contributed by atoms with Crippen LogP contribution in [0.3, 0.4) is 0 Å². The van der Waals surface area contributed by atoms with Crippen molar-refractivity contribution in [2.75, 3.05) is 6.26 Å². The van der Waals surface area contributed by atoms with Gasteiger partial charge in [0, 0.05) is 17.5 Å². The summed E-state index contributed by atoms with van der Waals surface area (Å²) in [6.45, 7) is 2.88. The Morgan fingerprint density at radius 1 is 1.50 bits per heavy atom. The lowest BCUT2D eigenvalue weighted by Crippen LogP contribution is -2.24. The number of carboxylic acids is 1. The Morgan fingerprint density at radius 2 is 2.06 bits per heavy atom. The summed E-state index contributed by atoms with van der Waals surface area (Å²) in [4.78, 5) is 28.5. The second-order valence-corrected chi connectivity index (χ2v) is 6.42.